The quantitative estimate of drug-likeness (QED) is 0.650. The predicted octanol–water partition coefficient (Wildman–Crippen LogP) is 5.20. The van der Waals surface area contributed by atoms with Gasteiger partial charge in [0.25, 0.3) is 5.91 Å². The van der Waals surface area contributed by atoms with E-state index in [4.69, 9.17) is 16.0 Å². The summed E-state index contributed by atoms with van der Waals surface area (Å²) in [5.41, 5.74) is 2.08. The largest absolute Gasteiger partial charge is 0.451 e. The van der Waals surface area contributed by atoms with Gasteiger partial charge in [0.2, 0.25) is 5.91 Å². The van der Waals surface area contributed by atoms with E-state index in [1.165, 1.54) is 0 Å². The number of rotatable bonds is 5. The fourth-order valence-corrected chi connectivity index (χ4v) is 2.53. The summed E-state index contributed by atoms with van der Waals surface area (Å²) in [6.07, 6.45) is 0.409. The van der Waals surface area contributed by atoms with E-state index in [1.807, 2.05) is 12.1 Å². The third-order valence-corrected chi connectivity index (χ3v) is 3.92. The molecule has 0 aliphatic carbocycles. The first-order valence-corrected chi connectivity index (χ1v) is 8.50. The Balaban J connectivity index is 1.68. The maximum absolute atomic E-state index is 12.3. The van der Waals surface area contributed by atoms with Gasteiger partial charge in [-0.25, -0.2) is 0 Å². The van der Waals surface area contributed by atoms with E-state index in [0.717, 1.165) is 5.56 Å². The fourth-order valence-electron chi connectivity index (χ4n) is 2.34. The van der Waals surface area contributed by atoms with E-state index in [1.54, 1.807) is 55.5 Å². The van der Waals surface area contributed by atoms with Crippen LogP contribution in [0.25, 0.3) is 11.3 Å². The molecule has 0 spiro atoms. The molecule has 0 saturated heterocycles. The van der Waals surface area contributed by atoms with Crippen molar-refractivity contribution >= 4 is 34.8 Å². The Hall–Kier alpha value is -3.05. The maximum atomic E-state index is 12.3. The highest BCUT2D eigenvalue weighted by Crippen LogP contribution is 2.25. The van der Waals surface area contributed by atoms with Crippen molar-refractivity contribution in [2.24, 2.45) is 0 Å². The second-order valence-corrected chi connectivity index (χ2v) is 6.04. The van der Waals surface area contributed by atoms with Crippen LogP contribution in [0, 0.1) is 0 Å². The van der Waals surface area contributed by atoms with Gasteiger partial charge >= 0.3 is 0 Å². The highest BCUT2D eigenvalue weighted by Gasteiger charge is 2.13. The number of halogens is 1. The Labute approximate surface area is 156 Å². The molecule has 0 atom stereocenters. The lowest BCUT2D eigenvalue weighted by Crippen LogP contribution is -2.11. The molecule has 0 unspecified atom stereocenters. The second kappa shape index (κ2) is 7.89. The molecule has 1 aromatic heterocycles. The van der Waals surface area contributed by atoms with Gasteiger partial charge in [-0.15, -0.1) is 0 Å². The van der Waals surface area contributed by atoms with Crippen molar-refractivity contribution in [1.82, 2.24) is 0 Å². The minimum absolute atomic E-state index is 0.0640. The Morgan fingerprint density at radius 3 is 2.31 bits per heavy atom. The molecule has 5 nitrogen and oxygen atoms in total. The number of amides is 2. The molecule has 132 valence electrons. The van der Waals surface area contributed by atoms with Crippen LogP contribution < -0.4 is 10.6 Å². The number of nitrogens with one attached hydrogen (secondary N) is 2. The number of benzene rings is 2. The first-order valence-electron chi connectivity index (χ1n) is 8.12. The standard InChI is InChI=1S/C20H17ClN2O3/c1-2-19(24)22-15-6-8-16(9-7-15)23-20(25)18-11-10-17(26-18)13-4-3-5-14(21)12-13/h3-12H,2H2,1H3,(H,22,24)(H,23,25). The van der Waals surface area contributed by atoms with E-state index in [9.17, 15) is 9.59 Å². The molecule has 3 aromatic rings. The molecule has 0 fully saturated rings. The number of carbonyl (C=O) groups excluding carboxylic acids is 2. The molecular weight excluding hydrogens is 352 g/mol. The number of hydrogen-bond donors (Lipinski definition) is 2. The van der Waals surface area contributed by atoms with Gasteiger partial charge in [0, 0.05) is 28.4 Å². The zero-order valence-corrected chi connectivity index (χ0v) is 14.8. The summed E-state index contributed by atoms with van der Waals surface area (Å²) in [6, 6.07) is 17.4. The van der Waals surface area contributed by atoms with Crippen LogP contribution in [0.15, 0.2) is 65.1 Å². The van der Waals surface area contributed by atoms with Crippen LogP contribution in [-0.4, -0.2) is 11.8 Å². The van der Waals surface area contributed by atoms with E-state index in [-0.39, 0.29) is 17.6 Å². The van der Waals surface area contributed by atoms with Crippen LogP contribution in [0.5, 0.6) is 0 Å². The minimum atomic E-state index is -0.358. The molecule has 6 heteroatoms. The Bertz CT molecular complexity index is 932. The molecule has 2 N–H and O–H groups in total. The summed E-state index contributed by atoms with van der Waals surface area (Å²) < 4.78 is 5.62. The second-order valence-electron chi connectivity index (χ2n) is 5.61. The van der Waals surface area contributed by atoms with Gasteiger partial charge in [-0.1, -0.05) is 30.7 Å². The van der Waals surface area contributed by atoms with Gasteiger partial charge in [-0.05, 0) is 48.5 Å². The van der Waals surface area contributed by atoms with Gasteiger partial charge in [0.05, 0.1) is 0 Å². The molecular formula is C20H17ClN2O3. The molecule has 1 heterocycles. The molecule has 2 amide bonds. The number of furan rings is 1. The summed E-state index contributed by atoms with van der Waals surface area (Å²) in [7, 11) is 0. The molecule has 0 aliphatic rings. The minimum Gasteiger partial charge on any atom is -0.451 e. The Morgan fingerprint density at radius 2 is 1.65 bits per heavy atom. The highest BCUT2D eigenvalue weighted by atomic mass is 35.5. The normalized spacial score (nSPS) is 10.4. The molecule has 26 heavy (non-hydrogen) atoms. The summed E-state index contributed by atoms with van der Waals surface area (Å²) in [4.78, 5) is 23.7. The molecule has 0 bridgehead atoms. The van der Waals surface area contributed by atoms with Crippen LogP contribution in [0.1, 0.15) is 23.9 Å². The number of carbonyl (C=O) groups is 2. The van der Waals surface area contributed by atoms with Crippen molar-refractivity contribution in [1.29, 1.82) is 0 Å². The lowest BCUT2D eigenvalue weighted by molar-refractivity contribution is -0.115. The van der Waals surface area contributed by atoms with Crippen molar-refractivity contribution in [3.05, 3.63) is 71.4 Å². The first-order chi connectivity index (χ1) is 12.5. The summed E-state index contributed by atoms with van der Waals surface area (Å²) in [5, 5.41) is 6.10. The van der Waals surface area contributed by atoms with Gasteiger partial charge in [-0.2, -0.15) is 0 Å². The fraction of sp³-hybridized carbons (Fsp3) is 0.100. The Morgan fingerprint density at radius 1 is 0.962 bits per heavy atom. The monoisotopic (exact) mass is 368 g/mol. The zero-order chi connectivity index (χ0) is 18.5. The summed E-state index contributed by atoms with van der Waals surface area (Å²) >= 11 is 5.98. The number of anilines is 2. The van der Waals surface area contributed by atoms with E-state index >= 15 is 0 Å². The first kappa shape index (κ1) is 17.8. The van der Waals surface area contributed by atoms with Crippen molar-refractivity contribution in [3.8, 4) is 11.3 Å². The van der Waals surface area contributed by atoms with Gasteiger partial charge in [0.1, 0.15) is 5.76 Å². The lowest BCUT2D eigenvalue weighted by Gasteiger charge is -2.06. The van der Waals surface area contributed by atoms with Crippen LogP contribution in [0.2, 0.25) is 5.02 Å². The van der Waals surface area contributed by atoms with Crippen LogP contribution in [-0.2, 0) is 4.79 Å². The van der Waals surface area contributed by atoms with E-state index < -0.39 is 0 Å². The van der Waals surface area contributed by atoms with Crippen LogP contribution in [0.4, 0.5) is 11.4 Å². The zero-order valence-electron chi connectivity index (χ0n) is 14.1. The van der Waals surface area contributed by atoms with Gasteiger partial charge < -0.3 is 15.1 Å². The molecule has 3 rings (SSSR count). The highest BCUT2D eigenvalue weighted by molar-refractivity contribution is 6.30. The van der Waals surface area contributed by atoms with Crippen molar-refractivity contribution in [3.63, 3.8) is 0 Å². The van der Waals surface area contributed by atoms with Crippen LogP contribution in [0.3, 0.4) is 0 Å². The average Bonchev–Trinajstić information content (AvgIpc) is 3.13. The Kier molecular flexibility index (Phi) is 5.39. The average molecular weight is 369 g/mol. The molecule has 0 saturated carbocycles. The predicted molar refractivity (Wildman–Crippen MR) is 102 cm³/mol. The topological polar surface area (TPSA) is 71.3 Å². The van der Waals surface area contributed by atoms with E-state index in [2.05, 4.69) is 10.6 Å². The smallest absolute Gasteiger partial charge is 0.291 e. The molecule has 0 aliphatic heterocycles. The summed E-state index contributed by atoms with van der Waals surface area (Å²) in [6.45, 7) is 1.78. The van der Waals surface area contributed by atoms with Crippen molar-refractivity contribution in [2.45, 2.75) is 13.3 Å². The van der Waals surface area contributed by atoms with Crippen molar-refractivity contribution in [2.75, 3.05) is 10.6 Å². The molecule has 0 radical (unpaired) electrons. The third-order valence-electron chi connectivity index (χ3n) is 3.69. The van der Waals surface area contributed by atoms with Crippen LogP contribution >= 0.6 is 11.6 Å². The maximum Gasteiger partial charge on any atom is 0.291 e. The van der Waals surface area contributed by atoms with Gasteiger partial charge in [-0.3, -0.25) is 9.59 Å². The molecule has 2 aromatic carbocycles. The lowest BCUT2D eigenvalue weighted by atomic mass is 10.2. The third kappa shape index (κ3) is 4.32. The van der Waals surface area contributed by atoms with E-state index in [0.29, 0.717) is 28.6 Å². The SMILES string of the molecule is CCC(=O)Nc1ccc(NC(=O)c2ccc(-c3cccc(Cl)c3)o2)cc1. The van der Waals surface area contributed by atoms with Crippen molar-refractivity contribution < 1.29 is 14.0 Å². The van der Waals surface area contributed by atoms with Gasteiger partial charge in [0.15, 0.2) is 5.76 Å². The summed E-state index contributed by atoms with van der Waals surface area (Å²) in [5.74, 6) is 0.341. The number of hydrogen-bond acceptors (Lipinski definition) is 3.